The summed E-state index contributed by atoms with van der Waals surface area (Å²) in [5.74, 6) is -0.198. The Morgan fingerprint density at radius 2 is 1.73 bits per heavy atom. The quantitative estimate of drug-likeness (QED) is 0.288. The fraction of sp³-hybridized carbons (Fsp3) is 0.613. The Morgan fingerprint density at radius 3 is 2.29 bits per heavy atom. The molecule has 0 aromatic carbocycles. The highest BCUT2D eigenvalue weighted by Gasteiger charge is 2.46. The first-order valence-corrected chi connectivity index (χ1v) is 14.3. The molecule has 7 nitrogen and oxygen atoms in total. The van der Waals surface area contributed by atoms with Crippen LogP contribution in [0.3, 0.4) is 0 Å². The zero-order valence-electron chi connectivity index (χ0n) is 24.4. The molecule has 1 saturated heterocycles. The second kappa shape index (κ2) is 11.6. The van der Waals surface area contributed by atoms with Crippen LogP contribution in [0.5, 0.6) is 5.88 Å². The number of anilines is 1. The van der Waals surface area contributed by atoms with Gasteiger partial charge in [-0.25, -0.2) is 9.97 Å². The molecule has 2 aromatic rings. The third-order valence-electron chi connectivity index (χ3n) is 8.83. The molecular formula is C31H40F3N3O4. The van der Waals surface area contributed by atoms with Gasteiger partial charge in [0.15, 0.2) is 5.78 Å². The van der Waals surface area contributed by atoms with Crippen molar-refractivity contribution >= 4 is 17.6 Å². The number of piperidine rings is 1. The lowest BCUT2D eigenvalue weighted by Crippen LogP contribution is -2.38. The molecule has 41 heavy (non-hydrogen) atoms. The van der Waals surface area contributed by atoms with Gasteiger partial charge in [0, 0.05) is 36.7 Å². The number of ketones is 1. The normalized spacial score (nSPS) is 17.8. The summed E-state index contributed by atoms with van der Waals surface area (Å²) in [6.07, 6.45) is 0.901. The highest BCUT2D eigenvalue weighted by molar-refractivity contribution is 6.04. The maximum Gasteiger partial charge on any atom is 0.433 e. The fourth-order valence-corrected chi connectivity index (χ4v) is 5.60. The molecule has 0 amide bonds. The molecule has 0 bridgehead atoms. The van der Waals surface area contributed by atoms with Crippen LogP contribution < -0.4 is 9.64 Å². The number of rotatable bonds is 11. The van der Waals surface area contributed by atoms with Crippen LogP contribution in [0.15, 0.2) is 30.5 Å². The Kier molecular flexibility index (Phi) is 8.71. The van der Waals surface area contributed by atoms with Crippen molar-refractivity contribution < 1.29 is 32.6 Å². The van der Waals surface area contributed by atoms with Crippen molar-refractivity contribution in [1.29, 1.82) is 0 Å². The predicted molar refractivity (Wildman–Crippen MR) is 149 cm³/mol. The fourth-order valence-electron chi connectivity index (χ4n) is 5.60. The largest absolute Gasteiger partial charge is 0.481 e. The van der Waals surface area contributed by atoms with Crippen LogP contribution in [0.1, 0.15) is 94.3 Å². The number of hydrogen-bond donors (Lipinski definition) is 1. The van der Waals surface area contributed by atoms with Gasteiger partial charge in [-0.2, -0.15) is 13.2 Å². The number of nitrogens with zero attached hydrogens (tertiary/aromatic N) is 3. The van der Waals surface area contributed by atoms with Gasteiger partial charge in [-0.1, -0.05) is 20.8 Å². The van der Waals surface area contributed by atoms with Crippen LogP contribution in [0.25, 0.3) is 0 Å². The van der Waals surface area contributed by atoms with Crippen LogP contribution in [-0.4, -0.2) is 46.5 Å². The predicted octanol–water partition coefficient (Wildman–Crippen LogP) is 7.01. The molecule has 0 spiro atoms. The lowest BCUT2D eigenvalue weighted by Gasteiger charge is -2.34. The van der Waals surface area contributed by atoms with Crippen molar-refractivity contribution in [2.24, 2.45) is 22.7 Å². The number of halogens is 3. The van der Waals surface area contributed by atoms with E-state index in [4.69, 9.17) is 4.74 Å². The summed E-state index contributed by atoms with van der Waals surface area (Å²) < 4.78 is 46.6. The van der Waals surface area contributed by atoms with Crippen LogP contribution in [0.2, 0.25) is 0 Å². The summed E-state index contributed by atoms with van der Waals surface area (Å²) in [6.45, 7) is 10.2. The minimum Gasteiger partial charge on any atom is -0.481 e. The molecular weight excluding hydrogens is 535 g/mol. The Balaban J connectivity index is 1.44. The smallest absolute Gasteiger partial charge is 0.433 e. The van der Waals surface area contributed by atoms with Crippen LogP contribution in [-0.2, 0) is 11.0 Å². The molecule has 2 aromatic heterocycles. The van der Waals surface area contributed by atoms with Gasteiger partial charge in [-0.05, 0) is 81.5 Å². The molecule has 3 heterocycles. The van der Waals surface area contributed by atoms with Crippen molar-refractivity contribution in [1.82, 2.24) is 9.97 Å². The minimum atomic E-state index is -4.61. The lowest BCUT2D eigenvalue weighted by atomic mass is 9.72. The van der Waals surface area contributed by atoms with Gasteiger partial charge in [-0.3, -0.25) is 9.59 Å². The number of pyridine rings is 2. The number of carbonyl (C=O) groups excluding carboxylic acids is 1. The summed E-state index contributed by atoms with van der Waals surface area (Å²) in [6, 6.07) is 5.84. The summed E-state index contributed by atoms with van der Waals surface area (Å²) >= 11 is 0. The van der Waals surface area contributed by atoms with Crippen molar-refractivity contribution in [3.8, 4) is 5.88 Å². The summed E-state index contributed by atoms with van der Waals surface area (Å²) in [4.78, 5) is 35.3. The molecule has 4 rings (SSSR count). The SMILES string of the molecule is CCC(C)(C)C(=O)c1ccc(C(F)(F)F)nc1N1CCC(COc2cc(C(C3CC3)C(C)(C)C(=O)O)ccn2)CC1. The molecule has 2 aliphatic rings. The van der Waals surface area contributed by atoms with E-state index < -0.39 is 28.7 Å². The lowest BCUT2D eigenvalue weighted by molar-refractivity contribution is -0.148. The van der Waals surface area contributed by atoms with E-state index in [1.165, 1.54) is 6.07 Å². The third-order valence-corrected chi connectivity index (χ3v) is 8.83. The van der Waals surface area contributed by atoms with Gasteiger partial charge in [0.25, 0.3) is 0 Å². The van der Waals surface area contributed by atoms with Crippen molar-refractivity contribution in [3.63, 3.8) is 0 Å². The third kappa shape index (κ3) is 6.84. The monoisotopic (exact) mass is 575 g/mol. The molecule has 0 radical (unpaired) electrons. The molecule has 224 valence electrons. The number of aliphatic carboxylic acids is 1. The Hall–Kier alpha value is -3.17. The van der Waals surface area contributed by atoms with E-state index in [9.17, 15) is 27.9 Å². The van der Waals surface area contributed by atoms with Crippen molar-refractivity contribution in [3.05, 3.63) is 47.3 Å². The minimum absolute atomic E-state index is 0.0900. The molecule has 1 aliphatic heterocycles. The van der Waals surface area contributed by atoms with E-state index >= 15 is 0 Å². The van der Waals surface area contributed by atoms with E-state index in [0.29, 0.717) is 50.8 Å². The summed E-state index contributed by atoms with van der Waals surface area (Å²) in [5.41, 5.74) is -1.53. The zero-order valence-corrected chi connectivity index (χ0v) is 24.4. The molecule has 2 fully saturated rings. The zero-order chi connectivity index (χ0) is 30.2. The van der Waals surface area contributed by atoms with Gasteiger partial charge in [0.05, 0.1) is 17.6 Å². The van der Waals surface area contributed by atoms with Crippen LogP contribution in [0, 0.1) is 22.7 Å². The number of ether oxygens (including phenoxy) is 1. The number of alkyl halides is 3. The maximum absolute atomic E-state index is 13.5. The van der Waals surface area contributed by atoms with E-state index in [1.54, 1.807) is 38.8 Å². The molecule has 1 aliphatic carbocycles. The average molecular weight is 576 g/mol. The average Bonchev–Trinajstić information content (AvgIpc) is 3.76. The van der Waals surface area contributed by atoms with Gasteiger partial charge >= 0.3 is 12.1 Å². The molecule has 1 N–H and O–H groups in total. The summed E-state index contributed by atoms with van der Waals surface area (Å²) in [5, 5.41) is 9.82. The Morgan fingerprint density at radius 1 is 1.07 bits per heavy atom. The second-order valence-corrected chi connectivity index (χ2v) is 12.6. The topological polar surface area (TPSA) is 92.6 Å². The highest BCUT2D eigenvalue weighted by atomic mass is 19.4. The molecule has 1 atom stereocenters. The molecule has 1 unspecified atom stereocenters. The highest BCUT2D eigenvalue weighted by Crippen LogP contribution is 2.52. The van der Waals surface area contributed by atoms with Crippen molar-refractivity contribution in [2.75, 3.05) is 24.6 Å². The van der Waals surface area contributed by atoms with E-state index in [-0.39, 0.29) is 29.0 Å². The van der Waals surface area contributed by atoms with Crippen molar-refractivity contribution in [2.45, 2.75) is 78.8 Å². The summed E-state index contributed by atoms with van der Waals surface area (Å²) in [7, 11) is 0. The first-order chi connectivity index (χ1) is 19.1. The first-order valence-electron chi connectivity index (χ1n) is 14.3. The number of aromatic nitrogens is 2. The maximum atomic E-state index is 13.5. The van der Waals surface area contributed by atoms with Gasteiger partial charge < -0.3 is 14.7 Å². The van der Waals surface area contributed by atoms with E-state index in [1.807, 2.05) is 19.1 Å². The van der Waals surface area contributed by atoms with Crippen LogP contribution in [0.4, 0.5) is 19.0 Å². The number of carboxylic acids is 1. The number of hydrogen-bond acceptors (Lipinski definition) is 6. The number of carbonyl (C=O) groups is 2. The van der Waals surface area contributed by atoms with Gasteiger partial charge in [0.1, 0.15) is 11.5 Å². The second-order valence-electron chi connectivity index (χ2n) is 12.6. The molecule has 1 saturated carbocycles. The first kappa shape index (κ1) is 30.8. The molecule has 10 heteroatoms. The standard InChI is InChI=1S/C31H40F3N3O4/c1-6-29(2,3)26(38)22-9-10-23(31(32,33)34)36-27(22)37-15-12-19(13-16-37)18-41-24-17-21(11-14-35-24)25(20-7-8-20)30(4,5)28(39)40/h9-11,14,17,19-20,25H,6-8,12-13,15-16,18H2,1-5H3,(H,39,40). The Labute approximate surface area is 239 Å². The van der Waals surface area contributed by atoms with Gasteiger partial charge in [0.2, 0.25) is 5.88 Å². The van der Waals surface area contributed by atoms with E-state index in [0.717, 1.165) is 24.5 Å². The number of Topliss-reactive ketones (excluding diaryl/α,β-unsaturated/α-hetero) is 1. The Bertz CT molecular complexity index is 1270. The van der Waals surface area contributed by atoms with Crippen LogP contribution >= 0.6 is 0 Å². The number of carboxylic acid groups (broad SMARTS) is 1. The van der Waals surface area contributed by atoms with Gasteiger partial charge in [-0.15, -0.1) is 0 Å². The van der Waals surface area contributed by atoms with E-state index in [2.05, 4.69) is 9.97 Å².